The zero-order chi connectivity index (χ0) is 22.7. The number of para-hydroxylation sites is 1. The second-order valence-corrected chi connectivity index (χ2v) is 9.58. The molecule has 2 aliphatic rings. The minimum absolute atomic E-state index is 0. The van der Waals surface area contributed by atoms with Crippen molar-refractivity contribution in [2.24, 2.45) is 11.3 Å². The van der Waals surface area contributed by atoms with E-state index in [-0.39, 0.29) is 35.1 Å². The first kappa shape index (κ1) is 23.4. The summed E-state index contributed by atoms with van der Waals surface area (Å²) in [5.74, 6) is 0.291. The maximum absolute atomic E-state index is 12.2. The summed E-state index contributed by atoms with van der Waals surface area (Å²) in [7, 11) is 0. The number of rotatable bonds is 5. The van der Waals surface area contributed by atoms with E-state index in [1.54, 1.807) is 6.07 Å². The van der Waals surface area contributed by atoms with Crippen LogP contribution in [0.1, 0.15) is 34.3 Å². The van der Waals surface area contributed by atoms with E-state index >= 15 is 0 Å². The molecule has 0 bridgehead atoms. The first-order valence-electron chi connectivity index (χ1n) is 11.3. The second-order valence-electron chi connectivity index (χ2n) is 9.58. The zero-order valence-electron chi connectivity index (χ0n) is 19.6. The van der Waals surface area contributed by atoms with Crippen LogP contribution in [0.2, 0.25) is 0 Å². The molecule has 1 saturated carbocycles. The molecule has 1 aliphatic heterocycles. The van der Waals surface area contributed by atoms with Crippen LogP contribution in [0.4, 0.5) is 0 Å². The fourth-order valence-electron chi connectivity index (χ4n) is 5.38. The van der Waals surface area contributed by atoms with Crippen molar-refractivity contribution in [3.05, 3.63) is 59.2 Å². The third-order valence-electron chi connectivity index (χ3n) is 7.15. The molecule has 34 heavy (non-hydrogen) atoms. The van der Waals surface area contributed by atoms with Crippen molar-refractivity contribution in [1.29, 1.82) is 0 Å². The van der Waals surface area contributed by atoms with Gasteiger partial charge in [-0.1, -0.05) is 24.3 Å². The molecule has 1 saturated heterocycles. The van der Waals surface area contributed by atoms with Crippen LogP contribution in [0.15, 0.2) is 46.9 Å². The summed E-state index contributed by atoms with van der Waals surface area (Å²) in [6.07, 6.45) is 2.19. The molecule has 168 valence electrons. The van der Waals surface area contributed by atoms with Crippen molar-refractivity contribution >= 4 is 27.8 Å². The Labute approximate surface area is 219 Å². The van der Waals surface area contributed by atoms with Gasteiger partial charge in [-0.05, 0) is 56.4 Å². The predicted octanol–water partition coefficient (Wildman–Crippen LogP) is 1.44. The molecule has 0 N–H and O–H groups in total. The SMILES string of the molecule is Cc1c(-c2cc(C(=O)[O-])c3c(OCC4CC5(COC5)C4)ccc(C)c3n2)oc2ccccc12.[Na+]. The third kappa shape index (κ3) is 3.73. The van der Waals surface area contributed by atoms with E-state index in [1.807, 2.05) is 50.2 Å². The molecule has 0 radical (unpaired) electrons. The van der Waals surface area contributed by atoms with Crippen molar-refractivity contribution in [3.8, 4) is 17.2 Å². The number of fused-ring (bicyclic) bond motifs is 2. The summed E-state index contributed by atoms with van der Waals surface area (Å²) in [6, 6.07) is 13.0. The molecular weight excluding hydrogens is 441 g/mol. The number of carboxylic acids is 1. The van der Waals surface area contributed by atoms with Crippen LogP contribution >= 0.6 is 0 Å². The van der Waals surface area contributed by atoms with Gasteiger partial charge in [0, 0.05) is 21.9 Å². The Morgan fingerprint density at radius 1 is 1.18 bits per heavy atom. The Hall–Kier alpha value is -2.38. The number of carbonyl (C=O) groups excluding carboxylic acids is 1. The Balaban J connectivity index is 0.00000241. The van der Waals surface area contributed by atoms with E-state index in [9.17, 15) is 9.90 Å². The number of aromatic carboxylic acids is 1. The van der Waals surface area contributed by atoms with E-state index in [0.717, 1.165) is 48.2 Å². The number of hydrogen-bond acceptors (Lipinski definition) is 6. The molecule has 0 unspecified atom stereocenters. The topological polar surface area (TPSA) is 84.6 Å². The molecule has 2 aromatic heterocycles. The third-order valence-corrected chi connectivity index (χ3v) is 7.15. The molecule has 2 fully saturated rings. The maximum atomic E-state index is 12.2. The average molecular weight is 465 g/mol. The second kappa shape index (κ2) is 8.68. The average Bonchev–Trinajstić information content (AvgIpc) is 3.09. The molecule has 1 aliphatic carbocycles. The van der Waals surface area contributed by atoms with Crippen molar-refractivity contribution in [3.63, 3.8) is 0 Å². The van der Waals surface area contributed by atoms with Gasteiger partial charge in [0.15, 0.2) is 5.76 Å². The van der Waals surface area contributed by atoms with Gasteiger partial charge < -0.3 is 23.8 Å². The van der Waals surface area contributed by atoms with Crippen LogP contribution in [0.3, 0.4) is 0 Å². The molecule has 6 rings (SSSR count). The van der Waals surface area contributed by atoms with E-state index < -0.39 is 5.97 Å². The van der Waals surface area contributed by atoms with Crippen molar-refractivity contribution in [2.75, 3.05) is 19.8 Å². The number of ether oxygens (including phenoxy) is 2. The van der Waals surface area contributed by atoms with E-state index in [4.69, 9.17) is 18.9 Å². The van der Waals surface area contributed by atoms with Gasteiger partial charge in [-0.2, -0.15) is 0 Å². The standard InChI is InChI=1S/C27H25NO5.Na/c1-15-7-8-22(32-12-17-10-27(11-17)13-31-14-27)23-19(26(29)30)9-20(28-24(15)23)25-16(2)18-5-3-4-6-21(18)33-25;/h3-9,17H,10-14H2,1-2H3,(H,29,30);/q;+1/p-1. The normalized spacial score (nSPS) is 16.8. The number of carboxylic acid groups (broad SMARTS) is 1. The monoisotopic (exact) mass is 465 g/mol. The molecule has 4 aromatic rings. The predicted molar refractivity (Wildman–Crippen MR) is 122 cm³/mol. The molecule has 0 amide bonds. The minimum atomic E-state index is -1.26. The van der Waals surface area contributed by atoms with E-state index in [2.05, 4.69) is 0 Å². The van der Waals surface area contributed by atoms with Gasteiger partial charge in [-0.15, -0.1) is 0 Å². The number of carbonyl (C=O) groups is 1. The molecular formula is C27H24NNaO5. The van der Waals surface area contributed by atoms with Crippen LogP contribution in [0, 0.1) is 25.2 Å². The van der Waals surface area contributed by atoms with Crippen LogP contribution in [-0.4, -0.2) is 30.8 Å². The van der Waals surface area contributed by atoms with Crippen LogP contribution in [0.5, 0.6) is 5.75 Å². The first-order chi connectivity index (χ1) is 15.9. The van der Waals surface area contributed by atoms with Gasteiger partial charge in [0.1, 0.15) is 17.0 Å². The summed E-state index contributed by atoms with van der Waals surface area (Å²) in [4.78, 5) is 17.0. The number of nitrogens with zero attached hydrogens (tertiary/aromatic N) is 1. The Kier molecular flexibility index (Phi) is 5.97. The number of furan rings is 1. The van der Waals surface area contributed by atoms with Gasteiger partial charge >= 0.3 is 29.6 Å². The Morgan fingerprint density at radius 3 is 2.62 bits per heavy atom. The van der Waals surface area contributed by atoms with E-state index in [1.165, 1.54) is 0 Å². The summed E-state index contributed by atoms with van der Waals surface area (Å²) in [6.45, 7) is 6.12. The van der Waals surface area contributed by atoms with Crippen LogP contribution in [-0.2, 0) is 4.74 Å². The number of benzene rings is 2. The van der Waals surface area contributed by atoms with Gasteiger partial charge in [0.05, 0.1) is 36.7 Å². The molecule has 2 aromatic carbocycles. The quantitative estimate of drug-likeness (QED) is 0.415. The van der Waals surface area contributed by atoms with Gasteiger partial charge in [0.2, 0.25) is 0 Å². The molecule has 6 nitrogen and oxygen atoms in total. The van der Waals surface area contributed by atoms with Crippen molar-refractivity contribution in [2.45, 2.75) is 26.7 Å². The van der Waals surface area contributed by atoms with Gasteiger partial charge in [-0.3, -0.25) is 0 Å². The Morgan fingerprint density at radius 2 is 1.94 bits per heavy atom. The first-order valence-corrected chi connectivity index (χ1v) is 11.3. The molecule has 1 spiro atoms. The maximum Gasteiger partial charge on any atom is 1.00 e. The van der Waals surface area contributed by atoms with Gasteiger partial charge in [0.25, 0.3) is 0 Å². The van der Waals surface area contributed by atoms with Gasteiger partial charge in [-0.25, -0.2) is 4.98 Å². The van der Waals surface area contributed by atoms with Crippen molar-refractivity contribution in [1.82, 2.24) is 4.98 Å². The fraction of sp³-hybridized carbons (Fsp3) is 0.333. The number of pyridine rings is 1. The van der Waals surface area contributed by atoms with Crippen molar-refractivity contribution < 1.29 is 53.3 Å². The number of aryl methyl sites for hydroxylation is 2. The Bertz CT molecular complexity index is 1410. The number of hydrogen-bond donors (Lipinski definition) is 0. The summed E-state index contributed by atoms with van der Waals surface area (Å²) >= 11 is 0. The smallest absolute Gasteiger partial charge is 0.545 e. The zero-order valence-corrected chi connectivity index (χ0v) is 21.6. The van der Waals surface area contributed by atoms with Crippen LogP contribution in [0.25, 0.3) is 33.3 Å². The largest absolute Gasteiger partial charge is 1.00 e. The molecule has 3 heterocycles. The van der Waals surface area contributed by atoms with Crippen LogP contribution < -0.4 is 39.4 Å². The molecule has 7 heteroatoms. The molecule has 0 atom stereocenters. The summed E-state index contributed by atoms with van der Waals surface area (Å²) in [5, 5.41) is 13.7. The fourth-order valence-corrected chi connectivity index (χ4v) is 5.38. The summed E-state index contributed by atoms with van der Waals surface area (Å²) < 4.78 is 17.6. The minimum Gasteiger partial charge on any atom is -0.545 e. The van der Waals surface area contributed by atoms with E-state index in [0.29, 0.717) is 46.0 Å². The summed E-state index contributed by atoms with van der Waals surface area (Å²) in [5.41, 5.74) is 4.01. The number of aromatic nitrogens is 1.